The van der Waals surface area contributed by atoms with Crippen LogP contribution in [0.5, 0.6) is 0 Å². The van der Waals surface area contributed by atoms with Crippen LogP contribution in [0.1, 0.15) is 32.8 Å². The standard InChI is InChI=1S/C16H28N2O/c1-13(2)10-14(3)18(4)12-16(19,11-17)15-8-6-5-7-9-15/h5-9,13-14,19H,10-12,17H2,1-4H3. The zero-order valence-electron chi connectivity index (χ0n) is 12.6. The third-order valence-corrected chi connectivity index (χ3v) is 3.72. The van der Waals surface area contributed by atoms with Crippen molar-refractivity contribution in [2.24, 2.45) is 11.7 Å². The molecule has 19 heavy (non-hydrogen) atoms. The van der Waals surface area contributed by atoms with Gasteiger partial charge in [0.15, 0.2) is 0 Å². The maximum atomic E-state index is 10.8. The normalized spacial score (nSPS) is 16.6. The van der Waals surface area contributed by atoms with Crippen LogP contribution in [-0.2, 0) is 5.60 Å². The van der Waals surface area contributed by atoms with Gasteiger partial charge < -0.3 is 15.7 Å². The highest BCUT2D eigenvalue weighted by Crippen LogP contribution is 2.22. The van der Waals surface area contributed by atoms with E-state index >= 15 is 0 Å². The third-order valence-electron chi connectivity index (χ3n) is 3.72. The first-order chi connectivity index (χ1) is 8.89. The smallest absolute Gasteiger partial charge is 0.114 e. The van der Waals surface area contributed by atoms with Crippen LogP contribution in [0.2, 0.25) is 0 Å². The van der Waals surface area contributed by atoms with Gasteiger partial charge in [-0.05, 0) is 31.9 Å². The largest absolute Gasteiger partial charge is 0.382 e. The Bertz CT molecular complexity index is 366. The second kappa shape index (κ2) is 7.04. The number of hydrogen-bond acceptors (Lipinski definition) is 3. The van der Waals surface area contributed by atoms with E-state index in [0.29, 0.717) is 18.5 Å². The van der Waals surface area contributed by atoms with E-state index < -0.39 is 5.60 Å². The lowest BCUT2D eigenvalue weighted by Gasteiger charge is -2.35. The van der Waals surface area contributed by atoms with Crippen LogP contribution in [0.25, 0.3) is 0 Å². The molecule has 0 aliphatic carbocycles. The van der Waals surface area contributed by atoms with Crippen molar-refractivity contribution in [1.82, 2.24) is 4.90 Å². The molecule has 3 heteroatoms. The second-order valence-electron chi connectivity index (χ2n) is 6.00. The fraction of sp³-hybridized carbons (Fsp3) is 0.625. The molecule has 0 radical (unpaired) electrons. The fourth-order valence-corrected chi connectivity index (χ4v) is 2.45. The van der Waals surface area contributed by atoms with Crippen molar-refractivity contribution in [3.63, 3.8) is 0 Å². The summed E-state index contributed by atoms with van der Waals surface area (Å²) in [5.74, 6) is 0.653. The lowest BCUT2D eigenvalue weighted by Crippen LogP contribution is -2.47. The predicted octanol–water partition coefficient (Wildman–Crippen LogP) is 2.20. The van der Waals surface area contributed by atoms with E-state index in [1.54, 1.807) is 0 Å². The highest BCUT2D eigenvalue weighted by atomic mass is 16.3. The summed E-state index contributed by atoms with van der Waals surface area (Å²) in [6, 6.07) is 10.1. The molecule has 0 heterocycles. The Morgan fingerprint density at radius 1 is 1.21 bits per heavy atom. The molecule has 0 amide bonds. The zero-order valence-corrected chi connectivity index (χ0v) is 12.6. The van der Waals surface area contributed by atoms with Crippen molar-refractivity contribution in [3.05, 3.63) is 35.9 Å². The van der Waals surface area contributed by atoms with E-state index in [0.717, 1.165) is 12.0 Å². The van der Waals surface area contributed by atoms with Crippen LogP contribution in [0, 0.1) is 5.92 Å². The van der Waals surface area contributed by atoms with E-state index in [1.807, 2.05) is 30.3 Å². The number of rotatable bonds is 7. The summed E-state index contributed by atoms with van der Waals surface area (Å²) in [6.45, 7) is 7.42. The quantitative estimate of drug-likeness (QED) is 0.794. The van der Waals surface area contributed by atoms with Crippen LogP contribution in [-0.4, -0.2) is 36.2 Å². The summed E-state index contributed by atoms with van der Waals surface area (Å²) in [6.07, 6.45) is 1.12. The average Bonchev–Trinajstić information content (AvgIpc) is 2.38. The molecule has 0 aliphatic heterocycles. The van der Waals surface area contributed by atoms with E-state index in [4.69, 9.17) is 5.73 Å². The highest BCUT2D eigenvalue weighted by molar-refractivity contribution is 5.23. The fourth-order valence-electron chi connectivity index (χ4n) is 2.45. The Morgan fingerprint density at radius 3 is 2.26 bits per heavy atom. The highest BCUT2D eigenvalue weighted by Gasteiger charge is 2.30. The van der Waals surface area contributed by atoms with Crippen molar-refractivity contribution in [3.8, 4) is 0 Å². The molecule has 3 N–H and O–H groups in total. The molecule has 108 valence electrons. The third kappa shape index (κ3) is 4.60. The second-order valence-corrected chi connectivity index (χ2v) is 6.00. The van der Waals surface area contributed by atoms with Crippen LogP contribution in [0.15, 0.2) is 30.3 Å². The van der Waals surface area contributed by atoms with E-state index in [-0.39, 0.29) is 6.54 Å². The molecule has 0 aliphatic rings. The lowest BCUT2D eigenvalue weighted by molar-refractivity contribution is 0.00242. The Kier molecular flexibility index (Phi) is 5.98. The Labute approximate surface area is 117 Å². The molecular weight excluding hydrogens is 236 g/mol. The SMILES string of the molecule is CC(C)CC(C)N(C)CC(O)(CN)c1ccccc1. The van der Waals surface area contributed by atoms with Crippen LogP contribution in [0.3, 0.4) is 0 Å². The topological polar surface area (TPSA) is 49.5 Å². The van der Waals surface area contributed by atoms with Gasteiger partial charge in [0.1, 0.15) is 5.60 Å². The minimum absolute atomic E-state index is 0.232. The molecule has 1 aromatic rings. The molecule has 0 saturated carbocycles. The average molecular weight is 264 g/mol. The molecule has 1 rings (SSSR count). The summed E-state index contributed by atoms with van der Waals surface area (Å²) in [4.78, 5) is 2.19. The van der Waals surface area contributed by atoms with E-state index in [1.165, 1.54) is 0 Å². The van der Waals surface area contributed by atoms with Gasteiger partial charge in [-0.2, -0.15) is 0 Å². The van der Waals surface area contributed by atoms with Gasteiger partial charge in [0.2, 0.25) is 0 Å². The van der Waals surface area contributed by atoms with Crippen LogP contribution >= 0.6 is 0 Å². The van der Waals surface area contributed by atoms with E-state index in [2.05, 4.69) is 32.7 Å². The number of benzene rings is 1. The first-order valence-electron chi connectivity index (χ1n) is 7.07. The summed E-state index contributed by atoms with van der Waals surface area (Å²) in [5.41, 5.74) is 5.73. The Hall–Kier alpha value is -0.900. The van der Waals surface area contributed by atoms with Gasteiger partial charge in [0, 0.05) is 19.1 Å². The molecule has 1 aromatic carbocycles. The van der Waals surface area contributed by atoms with Crippen molar-refractivity contribution in [2.45, 2.75) is 38.8 Å². The maximum absolute atomic E-state index is 10.8. The van der Waals surface area contributed by atoms with Gasteiger partial charge in [-0.1, -0.05) is 44.2 Å². The molecule has 0 spiro atoms. The van der Waals surface area contributed by atoms with Gasteiger partial charge in [-0.15, -0.1) is 0 Å². The number of hydrogen-bond donors (Lipinski definition) is 2. The first kappa shape index (κ1) is 16.2. The monoisotopic (exact) mass is 264 g/mol. The first-order valence-corrected chi connectivity index (χ1v) is 7.07. The molecule has 2 atom stereocenters. The predicted molar refractivity (Wildman–Crippen MR) is 80.9 cm³/mol. The summed E-state index contributed by atoms with van der Waals surface area (Å²) in [7, 11) is 2.05. The van der Waals surface area contributed by atoms with Gasteiger partial charge in [-0.25, -0.2) is 0 Å². The number of nitrogens with two attached hydrogens (primary N) is 1. The Morgan fingerprint density at radius 2 is 1.79 bits per heavy atom. The summed E-state index contributed by atoms with van der Waals surface area (Å²) < 4.78 is 0. The minimum atomic E-state index is -0.971. The van der Waals surface area contributed by atoms with E-state index in [9.17, 15) is 5.11 Å². The molecule has 0 saturated heterocycles. The van der Waals surface area contributed by atoms with Crippen molar-refractivity contribution >= 4 is 0 Å². The van der Waals surface area contributed by atoms with Gasteiger partial charge in [0.05, 0.1) is 0 Å². The molecule has 2 unspecified atom stereocenters. The van der Waals surface area contributed by atoms with Crippen LogP contribution < -0.4 is 5.73 Å². The lowest BCUT2D eigenvalue weighted by atomic mass is 9.92. The van der Waals surface area contributed by atoms with Crippen molar-refractivity contribution < 1.29 is 5.11 Å². The summed E-state index contributed by atoms with van der Waals surface area (Å²) in [5, 5.41) is 10.8. The van der Waals surface area contributed by atoms with Gasteiger partial charge in [-0.3, -0.25) is 0 Å². The molecular formula is C16H28N2O. The molecule has 0 bridgehead atoms. The number of aliphatic hydroxyl groups is 1. The molecule has 3 nitrogen and oxygen atoms in total. The number of likely N-dealkylation sites (N-methyl/N-ethyl adjacent to an activating group) is 1. The zero-order chi connectivity index (χ0) is 14.5. The molecule has 0 fully saturated rings. The van der Waals surface area contributed by atoms with Crippen molar-refractivity contribution in [2.75, 3.05) is 20.1 Å². The number of nitrogens with zero attached hydrogens (tertiary/aromatic N) is 1. The Balaban J connectivity index is 2.76. The maximum Gasteiger partial charge on any atom is 0.114 e. The van der Waals surface area contributed by atoms with Gasteiger partial charge in [0.25, 0.3) is 0 Å². The summed E-state index contributed by atoms with van der Waals surface area (Å²) >= 11 is 0. The van der Waals surface area contributed by atoms with Crippen LogP contribution in [0.4, 0.5) is 0 Å². The van der Waals surface area contributed by atoms with Crippen molar-refractivity contribution in [1.29, 1.82) is 0 Å². The molecule has 0 aromatic heterocycles. The van der Waals surface area contributed by atoms with Gasteiger partial charge >= 0.3 is 0 Å². The minimum Gasteiger partial charge on any atom is -0.382 e.